The van der Waals surface area contributed by atoms with Crippen LogP contribution in [0.3, 0.4) is 0 Å². The minimum absolute atomic E-state index is 0.0186. The normalized spacial score (nSPS) is 11.9. The van der Waals surface area contributed by atoms with Gasteiger partial charge in [-0.05, 0) is 43.5 Å². The summed E-state index contributed by atoms with van der Waals surface area (Å²) in [6, 6.07) is 12.2. The molecular formula is C22H24N4O3S. The highest BCUT2D eigenvalue weighted by Crippen LogP contribution is 2.27. The minimum atomic E-state index is -0.430. The zero-order chi connectivity index (χ0) is 21.8. The summed E-state index contributed by atoms with van der Waals surface area (Å²) in [6.45, 7) is 5.99. The highest BCUT2D eigenvalue weighted by atomic mass is 32.2. The Morgan fingerprint density at radius 3 is 2.73 bits per heavy atom. The van der Waals surface area contributed by atoms with Crippen molar-refractivity contribution in [2.24, 2.45) is 0 Å². The van der Waals surface area contributed by atoms with Crippen molar-refractivity contribution in [2.75, 3.05) is 12.8 Å². The topological polar surface area (TPSA) is 81.3 Å². The van der Waals surface area contributed by atoms with Crippen LogP contribution in [0.1, 0.15) is 29.7 Å². The molecule has 0 N–H and O–H groups in total. The van der Waals surface area contributed by atoms with Crippen LogP contribution in [0.25, 0.3) is 5.69 Å². The summed E-state index contributed by atoms with van der Waals surface area (Å²) >= 11 is 1.37. The summed E-state index contributed by atoms with van der Waals surface area (Å²) in [4.78, 5) is 29.4. The molecule has 8 heteroatoms. The molecule has 7 nitrogen and oxygen atoms in total. The molecule has 0 aliphatic heterocycles. The number of non-ortho nitro benzene ring substituents is 1. The third kappa shape index (κ3) is 4.54. The third-order valence-corrected chi connectivity index (χ3v) is 6.26. The number of thioether (sulfide) groups is 1. The molecule has 1 heterocycles. The van der Waals surface area contributed by atoms with E-state index in [0.29, 0.717) is 0 Å². The molecule has 0 saturated carbocycles. The summed E-state index contributed by atoms with van der Waals surface area (Å²) in [5, 5.41) is 11.8. The fourth-order valence-electron chi connectivity index (χ4n) is 3.14. The van der Waals surface area contributed by atoms with E-state index in [1.165, 1.54) is 35.0 Å². The van der Waals surface area contributed by atoms with Gasteiger partial charge < -0.3 is 4.90 Å². The van der Waals surface area contributed by atoms with E-state index >= 15 is 0 Å². The van der Waals surface area contributed by atoms with Crippen molar-refractivity contribution in [3.63, 3.8) is 0 Å². The molecule has 1 amide bonds. The van der Waals surface area contributed by atoms with Crippen LogP contribution in [-0.4, -0.2) is 38.1 Å². The lowest BCUT2D eigenvalue weighted by molar-refractivity contribution is -0.384. The van der Waals surface area contributed by atoms with Crippen molar-refractivity contribution in [2.45, 2.75) is 32.0 Å². The van der Waals surface area contributed by atoms with Gasteiger partial charge in [-0.25, -0.2) is 4.98 Å². The monoisotopic (exact) mass is 424 g/mol. The maximum atomic E-state index is 12.8. The van der Waals surface area contributed by atoms with Crippen molar-refractivity contribution in [3.05, 3.63) is 81.7 Å². The Labute approximate surface area is 179 Å². The van der Waals surface area contributed by atoms with Crippen molar-refractivity contribution < 1.29 is 9.72 Å². The Kier molecular flexibility index (Phi) is 6.56. The predicted molar refractivity (Wildman–Crippen MR) is 118 cm³/mol. The first-order valence-electron chi connectivity index (χ1n) is 9.52. The van der Waals surface area contributed by atoms with Gasteiger partial charge in [0.2, 0.25) is 5.91 Å². The van der Waals surface area contributed by atoms with Crippen LogP contribution in [0.4, 0.5) is 5.69 Å². The number of benzene rings is 2. The Morgan fingerprint density at radius 1 is 1.27 bits per heavy atom. The molecule has 1 aromatic heterocycles. The van der Waals surface area contributed by atoms with Crippen molar-refractivity contribution in [1.29, 1.82) is 0 Å². The van der Waals surface area contributed by atoms with Crippen molar-refractivity contribution in [1.82, 2.24) is 14.5 Å². The Morgan fingerprint density at radius 2 is 2.00 bits per heavy atom. The van der Waals surface area contributed by atoms with Gasteiger partial charge in [-0.15, -0.1) is 0 Å². The van der Waals surface area contributed by atoms with E-state index in [0.717, 1.165) is 16.4 Å². The van der Waals surface area contributed by atoms with E-state index in [1.807, 2.05) is 29.8 Å². The lowest BCUT2D eigenvalue weighted by Crippen LogP contribution is -2.31. The van der Waals surface area contributed by atoms with Crippen LogP contribution in [0.5, 0.6) is 0 Å². The molecule has 30 heavy (non-hydrogen) atoms. The van der Waals surface area contributed by atoms with E-state index in [1.54, 1.807) is 30.3 Å². The molecule has 0 saturated heterocycles. The van der Waals surface area contributed by atoms with Crippen LogP contribution < -0.4 is 0 Å². The SMILES string of the molecule is Cc1cccc(-n2ccnc2SCC(=O)N(C)C(C)c2cccc([N+](=O)[O-])c2)c1C. The molecule has 0 spiro atoms. The molecule has 2 aromatic carbocycles. The summed E-state index contributed by atoms with van der Waals surface area (Å²) in [5.41, 5.74) is 4.15. The fourth-order valence-corrected chi connectivity index (χ4v) is 4.03. The average Bonchev–Trinajstić information content (AvgIpc) is 3.21. The van der Waals surface area contributed by atoms with Gasteiger partial charge in [-0.2, -0.15) is 0 Å². The second kappa shape index (κ2) is 9.13. The van der Waals surface area contributed by atoms with Crippen LogP contribution in [-0.2, 0) is 4.79 Å². The van der Waals surface area contributed by atoms with Crippen molar-refractivity contribution in [3.8, 4) is 5.69 Å². The van der Waals surface area contributed by atoms with Gasteiger partial charge in [0.15, 0.2) is 5.16 Å². The number of carbonyl (C=O) groups is 1. The highest BCUT2D eigenvalue weighted by molar-refractivity contribution is 7.99. The summed E-state index contributed by atoms with van der Waals surface area (Å²) in [6.07, 6.45) is 3.62. The molecule has 0 aliphatic rings. The maximum Gasteiger partial charge on any atom is 0.269 e. The van der Waals surface area contributed by atoms with Gasteiger partial charge in [0, 0.05) is 31.6 Å². The van der Waals surface area contributed by atoms with Crippen LogP contribution >= 0.6 is 11.8 Å². The van der Waals surface area contributed by atoms with E-state index < -0.39 is 4.92 Å². The number of hydrogen-bond acceptors (Lipinski definition) is 5. The Balaban J connectivity index is 1.71. The van der Waals surface area contributed by atoms with Crippen LogP contribution in [0.2, 0.25) is 0 Å². The zero-order valence-electron chi connectivity index (χ0n) is 17.4. The second-order valence-electron chi connectivity index (χ2n) is 7.12. The zero-order valence-corrected chi connectivity index (χ0v) is 18.2. The Bertz CT molecular complexity index is 1080. The van der Waals surface area contributed by atoms with Gasteiger partial charge in [-0.3, -0.25) is 19.5 Å². The number of imidazole rings is 1. The quantitative estimate of drug-likeness (QED) is 0.312. The molecule has 156 valence electrons. The number of hydrogen-bond donors (Lipinski definition) is 0. The van der Waals surface area contributed by atoms with Gasteiger partial charge >= 0.3 is 0 Å². The maximum absolute atomic E-state index is 12.8. The smallest absolute Gasteiger partial charge is 0.269 e. The number of rotatable bonds is 7. The standard InChI is InChI=1S/C22H24N4O3S/c1-15-7-5-10-20(16(15)2)25-12-11-23-22(25)30-14-21(27)24(4)17(3)18-8-6-9-19(13-18)26(28)29/h5-13,17H,14H2,1-4H3. The molecule has 0 fully saturated rings. The lowest BCUT2D eigenvalue weighted by atomic mass is 10.1. The first-order chi connectivity index (χ1) is 14.3. The van der Waals surface area contributed by atoms with Crippen LogP contribution in [0, 0.1) is 24.0 Å². The highest BCUT2D eigenvalue weighted by Gasteiger charge is 2.20. The van der Waals surface area contributed by atoms with Crippen molar-refractivity contribution >= 4 is 23.4 Å². The largest absolute Gasteiger partial charge is 0.338 e. The molecule has 0 radical (unpaired) electrons. The Hall–Kier alpha value is -3.13. The van der Waals surface area contributed by atoms with E-state index in [4.69, 9.17) is 0 Å². The lowest BCUT2D eigenvalue weighted by Gasteiger charge is -2.25. The number of nitrogens with zero attached hydrogens (tertiary/aromatic N) is 4. The fraction of sp³-hybridized carbons (Fsp3) is 0.273. The molecular weight excluding hydrogens is 400 g/mol. The first-order valence-corrected chi connectivity index (χ1v) is 10.5. The number of amides is 1. The molecule has 0 bridgehead atoms. The summed E-state index contributed by atoms with van der Waals surface area (Å²) in [7, 11) is 1.71. The van der Waals surface area contributed by atoms with E-state index in [-0.39, 0.29) is 23.4 Å². The minimum Gasteiger partial charge on any atom is -0.338 e. The molecule has 1 unspecified atom stereocenters. The summed E-state index contributed by atoms with van der Waals surface area (Å²) in [5.74, 6) is 0.145. The van der Waals surface area contributed by atoms with Gasteiger partial charge in [0.05, 0.1) is 22.4 Å². The van der Waals surface area contributed by atoms with Crippen LogP contribution in [0.15, 0.2) is 60.0 Å². The molecule has 3 rings (SSSR count). The number of nitro benzene ring substituents is 1. The van der Waals surface area contributed by atoms with E-state index in [9.17, 15) is 14.9 Å². The van der Waals surface area contributed by atoms with E-state index in [2.05, 4.69) is 24.9 Å². The predicted octanol–water partition coefficient (Wildman–Crippen LogP) is 4.71. The van der Waals surface area contributed by atoms with Gasteiger partial charge in [-0.1, -0.05) is 36.0 Å². The van der Waals surface area contributed by atoms with Gasteiger partial charge in [0.25, 0.3) is 5.69 Å². The number of aromatic nitrogens is 2. The first kappa shape index (κ1) is 21.6. The average molecular weight is 425 g/mol. The molecule has 3 aromatic rings. The number of carbonyl (C=O) groups excluding carboxylic acids is 1. The molecule has 0 aliphatic carbocycles. The second-order valence-corrected chi connectivity index (χ2v) is 8.06. The number of nitro groups is 1. The third-order valence-electron chi connectivity index (χ3n) is 5.30. The number of aryl methyl sites for hydroxylation is 1. The molecule has 1 atom stereocenters. The van der Waals surface area contributed by atoms with Gasteiger partial charge in [0.1, 0.15) is 0 Å². The summed E-state index contributed by atoms with van der Waals surface area (Å²) < 4.78 is 1.99.